The molecule has 0 bridgehead atoms. The summed E-state index contributed by atoms with van der Waals surface area (Å²) in [4.78, 5) is 24.8. The van der Waals surface area contributed by atoms with Crippen LogP contribution in [0.5, 0.6) is 5.75 Å². The van der Waals surface area contributed by atoms with Crippen LogP contribution in [0.1, 0.15) is 49.9 Å². The molecular weight excluding hydrogens is 530 g/mol. The largest absolute Gasteiger partial charge is 0.496 e. The molecule has 0 spiro atoms. The number of benzene rings is 3. The molecule has 0 radical (unpaired) electrons. The van der Waals surface area contributed by atoms with E-state index in [-0.39, 0.29) is 24.7 Å². The number of carbonyl (C=O) groups is 2. The van der Waals surface area contributed by atoms with E-state index >= 15 is 0 Å². The number of esters is 1. The standard InChI is InChI=1S/C31H35NO7S/c1-19-27(18-40-28-11-6-5-10-26(28)36-4)38-31(39-29(19)23-14-12-22(17-33)13-15-23)24-8-7-9-25(16-24)32-30(35)20(2)37-21(3)34/h5-16,19-20,27,29,31,33H,17-18H2,1-4H3,(H,32,35)/t19-,20-,27+,29+,31+/m0/s1. The number of rotatable bonds is 10. The fourth-order valence-corrected chi connectivity index (χ4v) is 5.72. The van der Waals surface area contributed by atoms with Crippen LogP contribution in [0.15, 0.2) is 77.7 Å². The molecule has 0 aliphatic carbocycles. The summed E-state index contributed by atoms with van der Waals surface area (Å²) in [5, 5.41) is 12.3. The minimum atomic E-state index is -0.924. The van der Waals surface area contributed by atoms with Gasteiger partial charge in [-0.15, -0.1) is 11.8 Å². The van der Waals surface area contributed by atoms with Gasteiger partial charge in [0, 0.05) is 34.7 Å². The highest BCUT2D eigenvalue weighted by atomic mass is 32.2. The molecule has 9 heteroatoms. The molecule has 5 atom stereocenters. The highest BCUT2D eigenvalue weighted by molar-refractivity contribution is 7.99. The number of aliphatic hydroxyl groups is 1. The van der Waals surface area contributed by atoms with E-state index in [1.165, 1.54) is 13.8 Å². The molecule has 3 aromatic carbocycles. The van der Waals surface area contributed by atoms with Crippen LogP contribution >= 0.6 is 11.8 Å². The van der Waals surface area contributed by atoms with Crippen molar-refractivity contribution in [1.29, 1.82) is 0 Å². The Morgan fingerprint density at radius 3 is 2.48 bits per heavy atom. The number of thioether (sulfide) groups is 1. The van der Waals surface area contributed by atoms with Gasteiger partial charge in [-0.05, 0) is 42.3 Å². The fraction of sp³-hybridized carbons (Fsp3) is 0.355. The third-order valence-corrected chi connectivity index (χ3v) is 7.88. The minimum absolute atomic E-state index is 0.0194. The monoisotopic (exact) mass is 565 g/mol. The van der Waals surface area contributed by atoms with Crippen LogP contribution in [-0.4, -0.2) is 42.1 Å². The molecule has 1 heterocycles. The van der Waals surface area contributed by atoms with Gasteiger partial charge in [-0.1, -0.05) is 55.5 Å². The molecule has 212 valence electrons. The van der Waals surface area contributed by atoms with E-state index in [1.807, 2.05) is 60.7 Å². The average Bonchev–Trinajstić information content (AvgIpc) is 2.96. The van der Waals surface area contributed by atoms with Crippen molar-refractivity contribution in [2.24, 2.45) is 5.92 Å². The second-order valence-corrected chi connectivity index (χ2v) is 10.7. The van der Waals surface area contributed by atoms with Crippen LogP contribution in [0.2, 0.25) is 0 Å². The Bertz CT molecular complexity index is 1300. The summed E-state index contributed by atoms with van der Waals surface area (Å²) >= 11 is 1.66. The van der Waals surface area contributed by atoms with Crippen molar-refractivity contribution in [1.82, 2.24) is 0 Å². The van der Waals surface area contributed by atoms with Crippen molar-refractivity contribution in [2.75, 3.05) is 18.2 Å². The lowest BCUT2D eigenvalue weighted by molar-refractivity contribution is -0.268. The predicted molar refractivity (Wildman–Crippen MR) is 153 cm³/mol. The molecule has 4 rings (SSSR count). The van der Waals surface area contributed by atoms with E-state index in [0.717, 1.165) is 27.3 Å². The lowest BCUT2D eigenvalue weighted by Gasteiger charge is -2.41. The molecule has 3 aromatic rings. The maximum Gasteiger partial charge on any atom is 0.303 e. The fourth-order valence-electron chi connectivity index (χ4n) is 4.53. The molecule has 2 N–H and O–H groups in total. The number of aliphatic hydroxyl groups excluding tert-OH is 1. The summed E-state index contributed by atoms with van der Waals surface area (Å²) in [5.74, 6) is 0.546. The van der Waals surface area contributed by atoms with E-state index in [1.54, 1.807) is 31.0 Å². The highest BCUT2D eigenvalue weighted by Crippen LogP contribution is 2.44. The summed E-state index contributed by atoms with van der Waals surface area (Å²) in [7, 11) is 1.66. The van der Waals surface area contributed by atoms with Crippen molar-refractivity contribution in [3.8, 4) is 5.75 Å². The van der Waals surface area contributed by atoms with Crippen LogP contribution in [0.4, 0.5) is 5.69 Å². The van der Waals surface area contributed by atoms with E-state index in [9.17, 15) is 14.7 Å². The molecule has 1 fully saturated rings. The minimum Gasteiger partial charge on any atom is -0.496 e. The second-order valence-electron chi connectivity index (χ2n) is 9.65. The average molecular weight is 566 g/mol. The molecule has 1 aliphatic rings. The Balaban J connectivity index is 1.57. The first kappa shape index (κ1) is 29.6. The number of para-hydroxylation sites is 1. The Labute approximate surface area is 239 Å². The van der Waals surface area contributed by atoms with Crippen LogP contribution in [0.3, 0.4) is 0 Å². The van der Waals surface area contributed by atoms with Crippen molar-refractivity contribution in [2.45, 2.75) is 56.9 Å². The van der Waals surface area contributed by atoms with Crippen LogP contribution < -0.4 is 10.1 Å². The van der Waals surface area contributed by atoms with Crippen molar-refractivity contribution < 1.29 is 33.6 Å². The SMILES string of the molecule is COc1ccccc1SC[C@H]1O[C@@H](c2cccc(NC(=O)[C@H](C)OC(C)=O)c2)O[C@@H](c2ccc(CO)cc2)[C@H]1C. The second kappa shape index (κ2) is 13.8. The van der Waals surface area contributed by atoms with Crippen LogP contribution in [0.25, 0.3) is 0 Å². The van der Waals surface area contributed by atoms with Gasteiger partial charge in [0.15, 0.2) is 12.4 Å². The Kier molecular flexibility index (Phi) is 10.2. The summed E-state index contributed by atoms with van der Waals surface area (Å²) in [5.41, 5.74) is 3.10. The van der Waals surface area contributed by atoms with Gasteiger partial charge in [0.05, 0.1) is 25.9 Å². The summed E-state index contributed by atoms with van der Waals surface area (Å²) in [6.07, 6.45) is -2.05. The Morgan fingerprint density at radius 1 is 1.02 bits per heavy atom. The molecular formula is C31H35NO7S. The van der Waals surface area contributed by atoms with Gasteiger partial charge < -0.3 is 29.4 Å². The van der Waals surface area contributed by atoms with Gasteiger partial charge >= 0.3 is 5.97 Å². The molecule has 0 unspecified atom stereocenters. The number of ether oxygens (including phenoxy) is 4. The lowest BCUT2D eigenvalue weighted by Crippen LogP contribution is -2.38. The molecule has 0 aromatic heterocycles. The van der Waals surface area contributed by atoms with Gasteiger partial charge in [0.1, 0.15) is 5.75 Å². The number of nitrogens with one attached hydrogen (secondary N) is 1. The Hall–Kier alpha value is -3.37. The van der Waals surface area contributed by atoms with E-state index in [4.69, 9.17) is 18.9 Å². The number of hydrogen-bond donors (Lipinski definition) is 2. The maximum atomic E-state index is 12.5. The molecule has 1 amide bonds. The van der Waals surface area contributed by atoms with Gasteiger partial charge in [0.25, 0.3) is 5.91 Å². The molecule has 1 aliphatic heterocycles. The quantitative estimate of drug-likeness (QED) is 0.240. The third kappa shape index (κ3) is 7.42. The predicted octanol–water partition coefficient (Wildman–Crippen LogP) is 5.66. The van der Waals surface area contributed by atoms with Crippen LogP contribution in [-0.2, 0) is 30.4 Å². The van der Waals surface area contributed by atoms with Crippen molar-refractivity contribution in [3.63, 3.8) is 0 Å². The first-order valence-corrected chi connectivity index (χ1v) is 14.1. The first-order chi connectivity index (χ1) is 19.3. The normalized spacial score (nSPS) is 21.3. The summed E-state index contributed by atoms with van der Waals surface area (Å²) < 4.78 is 23.6. The highest BCUT2D eigenvalue weighted by Gasteiger charge is 2.38. The van der Waals surface area contributed by atoms with Crippen molar-refractivity contribution >= 4 is 29.3 Å². The zero-order valence-electron chi connectivity index (χ0n) is 23.0. The third-order valence-electron chi connectivity index (χ3n) is 6.73. The van der Waals surface area contributed by atoms with E-state index < -0.39 is 24.3 Å². The van der Waals surface area contributed by atoms with Gasteiger partial charge in [-0.25, -0.2) is 0 Å². The van der Waals surface area contributed by atoms with E-state index in [0.29, 0.717) is 11.4 Å². The smallest absolute Gasteiger partial charge is 0.303 e. The van der Waals surface area contributed by atoms with Crippen LogP contribution in [0, 0.1) is 5.92 Å². The zero-order valence-corrected chi connectivity index (χ0v) is 23.9. The van der Waals surface area contributed by atoms with Gasteiger partial charge in [0.2, 0.25) is 0 Å². The lowest BCUT2D eigenvalue weighted by atomic mass is 9.91. The first-order valence-electron chi connectivity index (χ1n) is 13.1. The number of amides is 1. The number of hydrogen-bond acceptors (Lipinski definition) is 8. The summed E-state index contributed by atoms with van der Waals surface area (Å²) in [6.45, 7) is 4.87. The molecule has 40 heavy (non-hydrogen) atoms. The van der Waals surface area contributed by atoms with E-state index in [2.05, 4.69) is 12.2 Å². The van der Waals surface area contributed by atoms with Gasteiger partial charge in [-0.2, -0.15) is 0 Å². The molecule has 8 nitrogen and oxygen atoms in total. The number of methoxy groups -OCH3 is 1. The molecule has 0 saturated carbocycles. The maximum absolute atomic E-state index is 12.5. The molecule has 1 saturated heterocycles. The zero-order chi connectivity index (χ0) is 28.6. The number of carbonyl (C=O) groups excluding carboxylic acids is 2. The Morgan fingerprint density at radius 2 is 1.77 bits per heavy atom. The topological polar surface area (TPSA) is 103 Å². The van der Waals surface area contributed by atoms with Crippen molar-refractivity contribution in [3.05, 3.63) is 89.5 Å². The number of anilines is 1. The summed E-state index contributed by atoms with van der Waals surface area (Å²) in [6, 6.07) is 22.9. The van der Waals surface area contributed by atoms with Gasteiger partial charge in [-0.3, -0.25) is 9.59 Å².